The van der Waals surface area contributed by atoms with Crippen molar-refractivity contribution < 1.29 is 9.53 Å². The van der Waals surface area contributed by atoms with Crippen LogP contribution in [0.5, 0.6) is 0 Å². The molecule has 142 valence electrons. The largest absolute Gasteiger partial charge is 0.381 e. The van der Waals surface area contributed by atoms with Crippen molar-refractivity contribution in [3.63, 3.8) is 0 Å². The number of unbranched alkanes of at least 4 members (excludes halogenated alkanes) is 4. The van der Waals surface area contributed by atoms with Gasteiger partial charge in [0.1, 0.15) is 0 Å². The summed E-state index contributed by atoms with van der Waals surface area (Å²) in [7, 11) is 0. The van der Waals surface area contributed by atoms with Crippen LogP contribution in [-0.4, -0.2) is 42.4 Å². The predicted molar refractivity (Wildman–Crippen MR) is 110 cm³/mol. The lowest BCUT2D eigenvalue weighted by Gasteiger charge is -2.18. The van der Waals surface area contributed by atoms with Crippen molar-refractivity contribution in [2.24, 2.45) is 0 Å². The van der Waals surface area contributed by atoms with Gasteiger partial charge in [0.15, 0.2) is 0 Å². The van der Waals surface area contributed by atoms with Crippen molar-refractivity contribution in [1.29, 1.82) is 0 Å². The number of halogens is 1. The van der Waals surface area contributed by atoms with Crippen LogP contribution in [0, 0.1) is 0 Å². The molecule has 0 aliphatic rings. The molecular weight excluding hydrogens is 378 g/mol. The topological polar surface area (TPSA) is 29.5 Å². The van der Waals surface area contributed by atoms with Crippen LogP contribution in [0.4, 0.5) is 0 Å². The van der Waals surface area contributed by atoms with Gasteiger partial charge in [-0.2, -0.15) is 0 Å². The molecule has 1 aromatic carbocycles. The summed E-state index contributed by atoms with van der Waals surface area (Å²) < 4.78 is 5.70. The Morgan fingerprint density at radius 3 is 2.36 bits per heavy atom. The van der Waals surface area contributed by atoms with Gasteiger partial charge in [-0.15, -0.1) is 0 Å². The monoisotopic (exact) mass is 411 g/mol. The number of alkyl halides is 1. The second-order valence-corrected chi connectivity index (χ2v) is 7.14. The van der Waals surface area contributed by atoms with E-state index in [0.29, 0.717) is 0 Å². The minimum atomic E-state index is 0.134. The van der Waals surface area contributed by atoms with Crippen molar-refractivity contribution >= 4 is 21.8 Å². The van der Waals surface area contributed by atoms with Gasteiger partial charge in [0.05, 0.1) is 0 Å². The van der Waals surface area contributed by atoms with Gasteiger partial charge in [0, 0.05) is 37.2 Å². The molecule has 0 radical (unpaired) electrons. The molecule has 0 N–H and O–H groups in total. The van der Waals surface area contributed by atoms with E-state index in [4.69, 9.17) is 4.74 Å². The van der Waals surface area contributed by atoms with Gasteiger partial charge >= 0.3 is 0 Å². The number of carbonyl (C=O) groups is 1. The maximum absolute atomic E-state index is 12.4. The second-order valence-electron chi connectivity index (χ2n) is 6.35. The highest BCUT2D eigenvalue weighted by Crippen LogP contribution is 2.11. The molecule has 0 spiro atoms. The molecule has 0 saturated carbocycles. The Morgan fingerprint density at radius 1 is 1.00 bits per heavy atom. The fourth-order valence-corrected chi connectivity index (χ4v) is 3.24. The highest BCUT2D eigenvalue weighted by atomic mass is 79.9. The van der Waals surface area contributed by atoms with E-state index in [1.54, 1.807) is 0 Å². The normalized spacial score (nSPS) is 10.8. The van der Waals surface area contributed by atoms with Crippen molar-refractivity contribution in [2.45, 2.75) is 58.8 Å². The zero-order chi connectivity index (χ0) is 18.3. The molecule has 1 amide bonds. The maximum atomic E-state index is 12.4. The van der Waals surface area contributed by atoms with Gasteiger partial charge in [-0.3, -0.25) is 4.79 Å². The number of amides is 1. The fraction of sp³-hybridized carbons (Fsp3) is 0.667. The van der Waals surface area contributed by atoms with Crippen LogP contribution in [0.1, 0.15) is 68.3 Å². The summed E-state index contributed by atoms with van der Waals surface area (Å²) in [5, 5.41) is 1.11. The zero-order valence-electron chi connectivity index (χ0n) is 15.9. The van der Waals surface area contributed by atoms with E-state index in [0.717, 1.165) is 56.5 Å². The van der Waals surface area contributed by atoms with Gasteiger partial charge < -0.3 is 9.64 Å². The smallest absolute Gasteiger partial charge is 0.253 e. The van der Waals surface area contributed by atoms with E-state index in [2.05, 4.69) is 22.0 Å². The number of rotatable bonds is 14. The number of benzene rings is 1. The Labute approximate surface area is 162 Å². The third kappa shape index (κ3) is 9.41. The van der Waals surface area contributed by atoms with E-state index < -0.39 is 0 Å². The molecule has 25 heavy (non-hydrogen) atoms. The zero-order valence-corrected chi connectivity index (χ0v) is 17.5. The Morgan fingerprint density at radius 2 is 1.68 bits per heavy atom. The fourth-order valence-electron chi connectivity index (χ4n) is 2.84. The average Bonchev–Trinajstić information content (AvgIpc) is 2.64. The van der Waals surface area contributed by atoms with E-state index in [-0.39, 0.29) is 5.91 Å². The number of carbonyl (C=O) groups excluding carboxylic acids is 1. The summed E-state index contributed by atoms with van der Waals surface area (Å²) in [5.74, 6) is 0.134. The first-order chi connectivity index (χ1) is 12.2. The van der Waals surface area contributed by atoms with E-state index in [1.807, 2.05) is 36.9 Å². The molecule has 0 bridgehead atoms. The summed E-state index contributed by atoms with van der Waals surface area (Å²) in [6.45, 7) is 7.28. The van der Waals surface area contributed by atoms with Gasteiger partial charge in [0.2, 0.25) is 0 Å². The first kappa shape index (κ1) is 22.2. The summed E-state index contributed by atoms with van der Waals surface area (Å²) in [5.41, 5.74) is 2.05. The molecule has 3 nitrogen and oxygen atoms in total. The number of nitrogens with zero attached hydrogens (tertiary/aromatic N) is 1. The molecule has 0 saturated heterocycles. The Kier molecular flexibility index (Phi) is 12.7. The number of aryl methyl sites for hydroxylation is 1. The molecule has 1 rings (SSSR count). The first-order valence-electron chi connectivity index (χ1n) is 9.74. The van der Waals surface area contributed by atoms with Crippen LogP contribution in [0.15, 0.2) is 24.3 Å². The summed E-state index contributed by atoms with van der Waals surface area (Å²) in [6.07, 6.45) is 8.17. The first-order valence-corrected chi connectivity index (χ1v) is 10.9. The molecule has 0 unspecified atom stereocenters. The molecule has 0 fully saturated rings. The third-order valence-electron chi connectivity index (χ3n) is 4.40. The van der Waals surface area contributed by atoms with Crippen molar-refractivity contribution in [3.8, 4) is 0 Å². The number of hydrogen-bond acceptors (Lipinski definition) is 2. The maximum Gasteiger partial charge on any atom is 0.253 e. The molecule has 0 atom stereocenters. The van der Waals surface area contributed by atoms with Gasteiger partial charge in [0.25, 0.3) is 5.91 Å². The average molecular weight is 412 g/mol. The van der Waals surface area contributed by atoms with Gasteiger partial charge in [-0.1, -0.05) is 40.9 Å². The lowest BCUT2D eigenvalue weighted by atomic mass is 10.0. The van der Waals surface area contributed by atoms with Crippen molar-refractivity contribution in [2.75, 3.05) is 31.6 Å². The Hall–Kier alpha value is -0.870. The van der Waals surface area contributed by atoms with Crippen LogP contribution in [0.25, 0.3) is 0 Å². The number of ether oxygens (including phenoxy) is 1. The van der Waals surface area contributed by atoms with Crippen molar-refractivity contribution in [1.82, 2.24) is 4.90 Å². The Bertz CT molecular complexity index is 475. The SMILES string of the molecule is CCN(CC)C(=O)c1cccc(CCCCOCCCCCCBr)c1. The van der Waals surface area contributed by atoms with Crippen LogP contribution in [-0.2, 0) is 11.2 Å². The summed E-state index contributed by atoms with van der Waals surface area (Å²) >= 11 is 3.45. The minimum absolute atomic E-state index is 0.134. The van der Waals surface area contributed by atoms with Crippen LogP contribution < -0.4 is 0 Å². The lowest BCUT2D eigenvalue weighted by molar-refractivity contribution is 0.0773. The van der Waals surface area contributed by atoms with Gasteiger partial charge in [-0.25, -0.2) is 0 Å². The molecule has 0 aliphatic heterocycles. The Balaban J connectivity index is 2.21. The highest BCUT2D eigenvalue weighted by Gasteiger charge is 2.12. The highest BCUT2D eigenvalue weighted by molar-refractivity contribution is 9.09. The van der Waals surface area contributed by atoms with E-state index in [1.165, 1.54) is 31.2 Å². The molecule has 0 aliphatic carbocycles. The minimum Gasteiger partial charge on any atom is -0.381 e. The molecule has 4 heteroatoms. The van der Waals surface area contributed by atoms with Gasteiger partial charge in [-0.05, 0) is 63.6 Å². The molecule has 0 aromatic heterocycles. The molecule has 0 heterocycles. The standard InChI is InChI=1S/C21H34BrNO2/c1-3-23(4-2)21(24)20-14-11-13-19(18-20)12-7-10-17-25-16-9-6-5-8-15-22/h11,13-14,18H,3-10,12,15-17H2,1-2H3. The van der Waals surface area contributed by atoms with E-state index in [9.17, 15) is 4.79 Å². The summed E-state index contributed by atoms with van der Waals surface area (Å²) in [4.78, 5) is 14.3. The lowest BCUT2D eigenvalue weighted by Crippen LogP contribution is -2.30. The predicted octanol–water partition coefficient (Wildman–Crippen LogP) is 5.46. The quantitative estimate of drug-likeness (QED) is 0.300. The number of hydrogen-bond donors (Lipinski definition) is 0. The molecular formula is C21H34BrNO2. The van der Waals surface area contributed by atoms with Crippen LogP contribution in [0.3, 0.4) is 0 Å². The second kappa shape index (κ2) is 14.3. The van der Waals surface area contributed by atoms with Crippen LogP contribution >= 0.6 is 15.9 Å². The summed E-state index contributed by atoms with van der Waals surface area (Å²) in [6, 6.07) is 8.08. The third-order valence-corrected chi connectivity index (χ3v) is 4.96. The van der Waals surface area contributed by atoms with E-state index >= 15 is 0 Å². The van der Waals surface area contributed by atoms with Crippen molar-refractivity contribution in [3.05, 3.63) is 35.4 Å². The van der Waals surface area contributed by atoms with Crippen LogP contribution in [0.2, 0.25) is 0 Å². The molecule has 1 aromatic rings.